The normalized spacial score (nSPS) is 29.1. The van der Waals surface area contributed by atoms with E-state index in [0.717, 1.165) is 19.3 Å². The summed E-state index contributed by atoms with van der Waals surface area (Å²) in [5, 5.41) is 14.0. The Labute approximate surface area is 78.4 Å². The van der Waals surface area contributed by atoms with Crippen LogP contribution in [0.5, 0.6) is 0 Å². The first-order valence-corrected chi connectivity index (χ1v) is 4.95. The van der Waals surface area contributed by atoms with Crippen LogP contribution in [-0.4, -0.2) is 21.0 Å². The first-order chi connectivity index (χ1) is 6.29. The van der Waals surface area contributed by atoms with Crippen molar-refractivity contribution in [2.45, 2.75) is 37.7 Å². The molecule has 2 atom stereocenters. The summed E-state index contributed by atoms with van der Waals surface area (Å²) in [7, 11) is 1.94. The third kappa shape index (κ3) is 1.61. The van der Waals surface area contributed by atoms with Crippen LogP contribution in [0.25, 0.3) is 0 Å². The largest absolute Gasteiger partial charge is 0.392 e. The Bertz CT molecular complexity index is 282. The number of aliphatic hydroxyl groups excluding tert-OH is 1. The Morgan fingerprint density at radius 3 is 2.85 bits per heavy atom. The zero-order chi connectivity index (χ0) is 9.26. The van der Waals surface area contributed by atoms with Crippen molar-refractivity contribution in [1.29, 1.82) is 0 Å². The van der Waals surface area contributed by atoms with E-state index in [1.807, 2.05) is 17.8 Å². The molecular weight excluding hydrogens is 164 g/mol. The average molecular weight is 180 g/mol. The van der Waals surface area contributed by atoms with Gasteiger partial charge in [-0.05, 0) is 18.9 Å². The summed E-state index contributed by atoms with van der Waals surface area (Å²) >= 11 is 0. The summed E-state index contributed by atoms with van der Waals surface area (Å²) in [5.74, 6) is 0.307. The van der Waals surface area contributed by atoms with Crippen LogP contribution in [0.2, 0.25) is 0 Å². The lowest BCUT2D eigenvalue weighted by Crippen LogP contribution is -2.24. The molecule has 0 spiro atoms. The van der Waals surface area contributed by atoms with Crippen LogP contribution < -0.4 is 0 Å². The second kappa shape index (κ2) is 3.50. The number of nitrogens with zero attached hydrogens (tertiary/aromatic N) is 2. The first-order valence-electron chi connectivity index (χ1n) is 4.95. The van der Waals surface area contributed by atoms with Gasteiger partial charge >= 0.3 is 0 Å². The van der Waals surface area contributed by atoms with E-state index in [4.69, 9.17) is 0 Å². The maximum atomic E-state index is 9.82. The van der Waals surface area contributed by atoms with Crippen molar-refractivity contribution in [1.82, 2.24) is 9.78 Å². The molecule has 2 rings (SSSR count). The van der Waals surface area contributed by atoms with Gasteiger partial charge in [-0.15, -0.1) is 0 Å². The summed E-state index contributed by atoms with van der Waals surface area (Å²) < 4.78 is 1.87. The van der Waals surface area contributed by atoms with Crippen molar-refractivity contribution < 1.29 is 5.11 Å². The van der Waals surface area contributed by atoms with Crippen LogP contribution in [0, 0.1) is 0 Å². The van der Waals surface area contributed by atoms with Gasteiger partial charge in [0.25, 0.3) is 0 Å². The SMILES string of the molecule is Cn1nccc1[C@H]1CCCC[C@@H]1O. The van der Waals surface area contributed by atoms with Crippen molar-refractivity contribution in [2.75, 3.05) is 0 Å². The minimum Gasteiger partial charge on any atom is -0.392 e. The van der Waals surface area contributed by atoms with Gasteiger partial charge < -0.3 is 5.11 Å². The van der Waals surface area contributed by atoms with Gasteiger partial charge in [0, 0.05) is 24.9 Å². The van der Waals surface area contributed by atoms with Gasteiger partial charge in [-0.2, -0.15) is 5.10 Å². The highest BCUT2D eigenvalue weighted by Crippen LogP contribution is 2.32. The third-order valence-electron chi connectivity index (χ3n) is 2.97. The number of aliphatic hydroxyl groups is 1. The van der Waals surface area contributed by atoms with Crippen LogP contribution in [0.3, 0.4) is 0 Å². The second-order valence-corrected chi connectivity index (χ2v) is 3.84. The predicted molar refractivity (Wildman–Crippen MR) is 50.4 cm³/mol. The molecule has 1 aromatic rings. The molecule has 3 nitrogen and oxygen atoms in total. The molecule has 1 aromatic heterocycles. The fourth-order valence-electron chi connectivity index (χ4n) is 2.20. The fraction of sp³-hybridized carbons (Fsp3) is 0.700. The van der Waals surface area contributed by atoms with E-state index < -0.39 is 0 Å². The quantitative estimate of drug-likeness (QED) is 0.710. The minimum absolute atomic E-state index is 0.163. The highest BCUT2D eigenvalue weighted by atomic mass is 16.3. The molecular formula is C10H16N2O. The van der Waals surface area contributed by atoms with E-state index in [2.05, 4.69) is 5.10 Å². The van der Waals surface area contributed by atoms with Crippen LogP contribution in [0.15, 0.2) is 12.3 Å². The van der Waals surface area contributed by atoms with Gasteiger partial charge in [-0.3, -0.25) is 4.68 Å². The third-order valence-corrected chi connectivity index (χ3v) is 2.97. The summed E-state index contributed by atoms with van der Waals surface area (Å²) in [5.41, 5.74) is 1.17. The molecule has 1 aliphatic carbocycles. The van der Waals surface area contributed by atoms with E-state index in [9.17, 15) is 5.11 Å². The molecule has 13 heavy (non-hydrogen) atoms. The number of aryl methyl sites for hydroxylation is 1. The van der Waals surface area contributed by atoms with Gasteiger partial charge in [0.1, 0.15) is 0 Å². The fourth-order valence-corrected chi connectivity index (χ4v) is 2.20. The van der Waals surface area contributed by atoms with Gasteiger partial charge in [-0.25, -0.2) is 0 Å². The molecule has 1 saturated carbocycles. The average Bonchev–Trinajstić information content (AvgIpc) is 2.52. The Kier molecular flexibility index (Phi) is 2.36. The van der Waals surface area contributed by atoms with Crippen LogP contribution in [0.4, 0.5) is 0 Å². The van der Waals surface area contributed by atoms with E-state index in [1.54, 1.807) is 6.20 Å². The zero-order valence-electron chi connectivity index (χ0n) is 7.98. The summed E-state index contributed by atoms with van der Waals surface area (Å²) in [6, 6.07) is 2.01. The first kappa shape index (κ1) is 8.75. The number of hydrogen-bond acceptors (Lipinski definition) is 2. The Hall–Kier alpha value is -0.830. The van der Waals surface area contributed by atoms with Gasteiger partial charge in [0.05, 0.1) is 6.10 Å². The number of aromatic nitrogens is 2. The molecule has 0 saturated heterocycles. The highest BCUT2D eigenvalue weighted by molar-refractivity contribution is 5.10. The number of hydrogen-bond donors (Lipinski definition) is 1. The van der Waals surface area contributed by atoms with Crippen molar-refractivity contribution in [2.24, 2.45) is 7.05 Å². The number of rotatable bonds is 1. The Morgan fingerprint density at radius 2 is 2.23 bits per heavy atom. The topological polar surface area (TPSA) is 38.0 Å². The highest BCUT2D eigenvalue weighted by Gasteiger charge is 2.26. The Balaban J connectivity index is 2.19. The van der Waals surface area contributed by atoms with Crippen LogP contribution in [0.1, 0.15) is 37.3 Å². The molecule has 3 heteroatoms. The maximum Gasteiger partial charge on any atom is 0.0623 e. The van der Waals surface area contributed by atoms with Gasteiger partial charge in [0.2, 0.25) is 0 Å². The molecule has 1 heterocycles. The van der Waals surface area contributed by atoms with Gasteiger partial charge in [-0.1, -0.05) is 12.8 Å². The van der Waals surface area contributed by atoms with E-state index in [0.29, 0.717) is 5.92 Å². The van der Waals surface area contributed by atoms with Crippen molar-refractivity contribution in [3.8, 4) is 0 Å². The molecule has 0 aromatic carbocycles. The lowest BCUT2D eigenvalue weighted by Gasteiger charge is -2.27. The smallest absolute Gasteiger partial charge is 0.0623 e. The van der Waals surface area contributed by atoms with E-state index in [-0.39, 0.29) is 6.10 Å². The zero-order valence-corrected chi connectivity index (χ0v) is 7.98. The molecule has 0 bridgehead atoms. The maximum absolute atomic E-state index is 9.82. The molecule has 0 amide bonds. The lowest BCUT2D eigenvalue weighted by molar-refractivity contribution is 0.103. The Morgan fingerprint density at radius 1 is 1.46 bits per heavy atom. The lowest BCUT2D eigenvalue weighted by atomic mass is 9.84. The molecule has 0 radical (unpaired) electrons. The van der Waals surface area contributed by atoms with Gasteiger partial charge in [0.15, 0.2) is 0 Å². The summed E-state index contributed by atoms with van der Waals surface area (Å²) in [6.45, 7) is 0. The van der Waals surface area contributed by atoms with Crippen molar-refractivity contribution in [3.05, 3.63) is 18.0 Å². The second-order valence-electron chi connectivity index (χ2n) is 3.84. The molecule has 72 valence electrons. The molecule has 1 fully saturated rings. The van der Waals surface area contributed by atoms with Crippen LogP contribution >= 0.6 is 0 Å². The molecule has 0 unspecified atom stereocenters. The standard InChI is InChI=1S/C10H16N2O/c1-12-9(6-7-11-12)8-4-2-3-5-10(8)13/h6-8,10,13H,2-5H2,1H3/t8-,10+/m1/s1. The molecule has 1 N–H and O–H groups in total. The molecule has 0 aliphatic heterocycles. The van der Waals surface area contributed by atoms with Crippen molar-refractivity contribution >= 4 is 0 Å². The van der Waals surface area contributed by atoms with Crippen molar-refractivity contribution in [3.63, 3.8) is 0 Å². The van der Waals surface area contributed by atoms with Crippen LogP contribution in [-0.2, 0) is 7.05 Å². The summed E-state index contributed by atoms with van der Waals surface area (Å²) in [4.78, 5) is 0. The monoisotopic (exact) mass is 180 g/mol. The van der Waals surface area contributed by atoms with E-state index >= 15 is 0 Å². The predicted octanol–water partition coefficient (Wildman–Crippen LogP) is 1.44. The molecule has 1 aliphatic rings. The van der Waals surface area contributed by atoms with E-state index in [1.165, 1.54) is 12.1 Å². The minimum atomic E-state index is -0.163. The summed E-state index contributed by atoms with van der Waals surface area (Å²) in [6.07, 6.45) is 6.07.